The molecule has 0 spiro atoms. The fourth-order valence-corrected chi connectivity index (χ4v) is 0.207. The van der Waals surface area contributed by atoms with Crippen molar-refractivity contribution >= 4 is 5.97 Å². The summed E-state index contributed by atoms with van der Waals surface area (Å²) in [5.41, 5.74) is 0. The van der Waals surface area contributed by atoms with Crippen LogP contribution in [0.3, 0.4) is 0 Å². The summed E-state index contributed by atoms with van der Waals surface area (Å²) in [6.07, 6.45) is 13.3. The number of rotatable bonds is 0. The Morgan fingerprint density at radius 3 is 0.808 bits per heavy atom. The summed E-state index contributed by atoms with van der Waals surface area (Å²) < 4.78 is 57.5. The van der Waals surface area contributed by atoms with Crippen LogP contribution in [0.4, 0.5) is 0 Å². The maximum Gasteiger partial charge on any atom is 0 e. The van der Waals surface area contributed by atoms with Crippen molar-refractivity contribution in [3.63, 3.8) is 0 Å². The van der Waals surface area contributed by atoms with Crippen molar-refractivity contribution in [3.8, 4) is 0 Å². The Morgan fingerprint density at radius 1 is 0.692 bits per heavy atom. The van der Waals surface area contributed by atoms with Crippen molar-refractivity contribution in [2.45, 2.75) is 6.92 Å². The molecule has 10 heteroatoms. The minimum atomic E-state index is -0.579. The number of allylic oxidation sites excluding steroid dienone is 8. The first-order chi connectivity index (χ1) is 12.7. The van der Waals surface area contributed by atoms with Gasteiger partial charge in [0, 0.05) is 41.1 Å². The maximum atomic E-state index is 9.40. The van der Waals surface area contributed by atoms with Crippen LogP contribution in [0.25, 0.3) is 1.43 Å². The Labute approximate surface area is 176 Å². The molecule has 0 amide bonds. The van der Waals surface area contributed by atoms with Crippen LogP contribution in [-0.4, -0.2) is 11.1 Å². The topological polar surface area (TPSA) is 157 Å². The summed E-state index contributed by atoms with van der Waals surface area (Å²) in [5.74, 6) is -0.579. The van der Waals surface area contributed by atoms with Gasteiger partial charge < -0.3 is 5.11 Å². The largest absolute Gasteiger partial charge is 0 e. The second-order valence-electron chi connectivity index (χ2n) is 1.95. The molecule has 26 heavy (non-hydrogen) atoms. The van der Waals surface area contributed by atoms with Gasteiger partial charge in [0.25, 0.3) is 7.40 Å². The van der Waals surface area contributed by atoms with Crippen LogP contribution in [0.2, 0.25) is 0 Å². The van der Waals surface area contributed by atoms with Crippen LogP contribution in [0.15, 0.2) is 48.6 Å². The summed E-state index contributed by atoms with van der Waals surface area (Å²) in [7, 11) is 0. The van der Waals surface area contributed by atoms with Gasteiger partial charge in [-0.3, -0.25) is 4.79 Å². The van der Waals surface area contributed by atoms with Gasteiger partial charge in [-0.25, -0.2) is 0 Å². The first kappa shape index (κ1) is 43.9. The van der Waals surface area contributed by atoms with Gasteiger partial charge in [-0.2, -0.15) is 0 Å². The van der Waals surface area contributed by atoms with Crippen LogP contribution in [0, 0.1) is 39.9 Å². The Hall–Kier alpha value is -2.09. The zero-order valence-corrected chi connectivity index (χ0v) is 15.2. The molecule has 0 atom stereocenters. The number of carboxylic acids is 1. The summed E-state index contributed by atoms with van der Waals surface area (Å²) in [4.78, 5) is 9.40. The molecule has 0 saturated carbocycles. The molecule has 2 aliphatic rings. The Kier molecular flexibility index (Phi) is 234. The van der Waals surface area contributed by atoms with Crippen LogP contribution < -0.4 is 0 Å². The van der Waals surface area contributed by atoms with E-state index >= 15 is 0 Å². The Balaban J connectivity index is -0.0000000214. The number of carboxylic acid groups (broad SMARTS) is 1. The molecule has 0 aliphatic heterocycles. The van der Waals surface area contributed by atoms with E-state index in [4.69, 9.17) is 30.7 Å². The van der Waals surface area contributed by atoms with E-state index in [9.17, 15) is 4.79 Å². The van der Waals surface area contributed by atoms with Gasteiger partial charge in [0.2, 0.25) is 0 Å². The molecule has 2 rings (SSSR count). The third-order valence-corrected chi connectivity index (χ3v) is 0.829. The van der Waals surface area contributed by atoms with Gasteiger partial charge in [0.05, 0.1) is 1.37 Å². The van der Waals surface area contributed by atoms with E-state index in [0.717, 1.165) is 0 Å². The standard InChI is InChI=1S/2C4H4.C2H4O2.6CO.2Fe/c2*1-2-4-3-1;1-2(3)4;6*1-2;;/h2*1-4H;1H3,(H,3,4);;;;;;;;/i1D;;;;;;;;;;/hD. The van der Waals surface area contributed by atoms with Crippen LogP contribution in [-0.2, 0) is 66.8 Å². The minimum absolute atomic E-state index is 0. The fraction of sp³-hybridized carbons (Fsp3) is 0.0625. The second-order valence-corrected chi connectivity index (χ2v) is 1.95. The third-order valence-electron chi connectivity index (χ3n) is 0.829. The smallest absolute Gasteiger partial charge is 0 e. The first-order valence-corrected chi connectivity index (χ1v) is 4.71. The predicted molar refractivity (Wildman–Crippen MR) is 73.4 cm³/mol. The zero-order chi connectivity index (χ0) is 22.8. The van der Waals surface area contributed by atoms with Gasteiger partial charge in [0.1, 0.15) is 0 Å². The van der Waals surface area contributed by atoms with Crippen LogP contribution >= 0.6 is 0 Å². The van der Waals surface area contributed by atoms with Gasteiger partial charge >= 0.3 is 67.8 Å². The summed E-state index contributed by atoms with van der Waals surface area (Å²) in [6.45, 7) is 28.2. The molecular formula is C16H12Fe2O8. The van der Waals surface area contributed by atoms with Crippen molar-refractivity contribution in [2.75, 3.05) is 0 Å². The molecule has 0 radical (unpaired) electrons. The van der Waals surface area contributed by atoms with E-state index in [1.807, 2.05) is 30.4 Å². The van der Waals surface area contributed by atoms with E-state index in [1.165, 1.54) is 6.92 Å². The molecule has 0 heterocycles. The molecule has 0 bridgehead atoms. The fourth-order valence-electron chi connectivity index (χ4n) is 0.207. The third kappa shape index (κ3) is 274. The van der Waals surface area contributed by atoms with Crippen molar-refractivity contribution in [1.29, 1.82) is 1.43 Å². The second kappa shape index (κ2) is 139. The van der Waals surface area contributed by atoms with Crippen molar-refractivity contribution in [3.05, 3.63) is 88.5 Å². The number of hydrogen-bond acceptors (Lipinski definition) is 2. The molecule has 0 aromatic carbocycles. The summed E-state index contributed by atoms with van der Waals surface area (Å²) in [5, 5.41) is 3.36. The van der Waals surface area contributed by atoms with Gasteiger partial charge in [-0.05, 0) is 0 Å². The molecule has 0 saturated heterocycles. The minimum Gasteiger partial charge on any atom is 0 e. The SMILES string of the molecule is C1=CC=C1.[2H]C1=CC=C1.[2H]OC(C)=O.[C-]#[O+].[C-]#[O+].[C-]#[O+].[C-]#[O+].[C-]#[O+].[C-]#[O+].[Fe].[Fe]. The molecule has 0 fully saturated rings. The monoisotopic (exact) mass is 446 g/mol. The van der Waals surface area contributed by atoms with Crippen LogP contribution in [0.5, 0.6) is 0 Å². The van der Waals surface area contributed by atoms with Gasteiger partial charge in [0.15, 0.2) is 0 Å². The zero-order valence-electron chi connectivity index (χ0n) is 15.0. The Morgan fingerprint density at radius 2 is 0.808 bits per heavy atom. The predicted octanol–water partition coefficient (Wildman–Crippen LogP) is 2.09. The van der Waals surface area contributed by atoms with E-state index in [-0.39, 0.29) is 34.1 Å². The molecular weight excluding hydrogens is 432 g/mol. The maximum absolute atomic E-state index is 9.40. The van der Waals surface area contributed by atoms with Crippen molar-refractivity contribution in [1.82, 2.24) is 0 Å². The van der Waals surface area contributed by atoms with E-state index in [1.54, 1.807) is 12.2 Å². The van der Waals surface area contributed by atoms with Gasteiger partial charge in [-0.1, -0.05) is 48.6 Å². The molecule has 0 unspecified atom stereocenters. The average Bonchev–Trinajstić information content (AvgIpc) is 2.69. The van der Waals surface area contributed by atoms with Crippen LogP contribution in [0.1, 0.15) is 8.29 Å². The molecule has 2 aliphatic carbocycles. The Bertz CT molecular complexity index is 464. The molecule has 8 nitrogen and oxygen atoms in total. The van der Waals surface area contributed by atoms with E-state index < -0.39 is 5.97 Å². The normalized spacial score (nSPS) is 7.65. The van der Waals surface area contributed by atoms with E-state index in [2.05, 4.69) is 45.0 Å². The average molecular weight is 446 g/mol. The number of hydrogen-bond donors (Lipinski definition) is 1. The first-order valence-electron chi connectivity index (χ1n) is 5.62. The van der Waals surface area contributed by atoms with Crippen molar-refractivity contribution in [2.24, 2.45) is 0 Å². The number of aliphatic carboxylic acids is 1. The molecule has 1 N–H and O–H groups in total. The van der Waals surface area contributed by atoms with E-state index in [0.29, 0.717) is 6.05 Å². The van der Waals surface area contributed by atoms with Crippen molar-refractivity contribution < 1.29 is 73.3 Å². The molecule has 0 aromatic heterocycles. The number of carbonyl (C=O) groups is 1. The summed E-state index contributed by atoms with van der Waals surface area (Å²) in [6, 6.07) is 0.630. The molecule has 0 aromatic rings. The molecule has 140 valence electrons. The summed E-state index contributed by atoms with van der Waals surface area (Å²) >= 11 is 0. The van der Waals surface area contributed by atoms with Gasteiger partial charge in [-0.15, -0.1) is 0 Å². The quantitative estimate of drug-likeness (QED) is 0.344.